The third kappa shape index (κ3) is 5.80. The Hall–Kier alpha value is -1.26. The third-order valence-corrected chi connectivity index (χ3v) is 3.27. The number of aliphatic hydroxyl groups is 1. The van der Waals surface area contributed by atoms with Crippen LogP contribution in [0.15, 0.2) is 18.2 Å². The van der Waals surface area contributed by atoms with Crippen LogP contribution < -0.4 is 10.6 Å². The quantitative estimate of drug-likeness (QED) is 0.646. The van der Waals surface area contributed by atoms with Crippen LogP contribution in [0.3, 0.4) is 0 Å². The number of unbranched alkanes of at least 4 members (excludes halogenated alkanes) is 1. The normalized spacial score (nSPS) is 12.0. The fourth-order valence-corrected chi connectivity index (χ4v) is 1.85. The molecule has 1 amide bonds. The first-order chi connectivity index (χ1) is 9.56. The highest BCUT2D eigenvalue weighted by atomic mass is 35.5. The summed E-state index contributed by atoms with van der Waals surface area (Å²) < 4.78 is 0. The SMILES string of the molecule is CCCCC(=O)Nc1ccc(C)cc1NCC(O)CCl. The average Bonchev–Trinajstić information content (AvgIpc) is 2.44. The van der Waals surface area contributed by atoms with Gasteiger partial charge >= 0.3 is 0 Å². The summed E-state index contributed by atoms with van der Waals surface area (Å²) in [6.07, 6.45) is 1.79. The van der Waals surface area contributed by atoms with Gasteiger partial charge in [-0.2, -0.15) is 0 Å². The maximum absolute atomic E-state index is 11.8. The Balaban J connectivity index is 2.71. The van der Waals surface area contributed by atoms with E-state index in [1.165, 1.54) is 0 Å². The maximum atomic E-state index is 11.8. The predicted molar refractivity (Wildman–Crippen MR) is 84.6 cm³/mol. The first-order valence-corrected chi connectivity index (χ1v) is 7.48. The van der Waals surface area contributed by atoms with Crippen molar-refractivity contribution in [3.05, 3.63) is 23.8 Å². The molecular weight excluding hydrogens is 276 g/mol. The number of halogens is 1. The molecule has 1 rings (SSSR count). The molecule has 0 radical (unpaired) electrons. The van der Waals surface area contributed by atoms with Crippen LogP contribution in [0.4, 0.5) is 11.4 Å². The number of aryl methyl sites for hydroxylation is 1. The van der Waals surface area contributed by atoms with Gasteiger partial charge in [-0.15, -0.1) is 11.6 Å². The highest BCUT2D eigenvalue weighted by Gasteiger charge is 2.08. The summed E-state index contributed by atoms with van der Waals surface area (Å²) in [6, 6.07) is 5.75. The predicted octanol–water partition coefficient (Wildman–Crippen LogP) is 3.14. The standard InChI is InChI=1S/C15H23ClN2O2/c1-3-4-5-15(20)18-13-7-6-11(2)8-14(13)17-10-12(19)9-16/h6-8,12,17,19H,3-5,9-10H2,1-2H3,(H,18,20). The number of carbonyl (C=O) groups excluding carboxylic acids is 1. The van der Waals surface area contributed by atoms with Gasteiger partial charge in [0.2, 0.25) is 5.91 Å². The molecule has 1 unspecified atom stereocenters. The van der Waals surface area contributed by atoms with E-state index in [-0.39, 0.29) is 11.8 Å². The molecule has 0 fully saturated rings. The number of rotatable bonds is 8. The maximum Gasteiger partial charge on any atom is 0.224 e. The number of hydrogen-bond donors (Lipinski definition) is 3. The van der Waals surface area contributed by atoms with Crippen molar-refractivity contribution in [3.63, 3.8) is 0 Å². The van der Waals surface area contributed by atoms with Crippen molar-refractivity contribution in [2.24, 2.45) is 0 Å². The van der Waals surface area contributed by atoms with Gasteiger partial charge in [0.1, 0.15) is 0 Å². The Morgan fingerprint density at radius 1 is 1.40 bits per heavy atom. The van der Waals surface area contributed by atoms with Gasteiger partial charge in [0.05, 0.1) is 23.4 Å². The van der Waals surface area contributed by atoms with Crippen LogP contribution >= 0.6 is 11.6 Å². The van der Waals surface area contributed by atoms with Gasteiger partial charge in [0, 0.05) is 13.0 Å². The van der Waals surface area contributed by atoms with E-state index in [2.05, 4.69) is 17.6 Å². The van der Waals surface area contributed by atoms with Crippen LogP contribution in [0.5, 0.6) is 0 Å². The molecule has 0 aliphatic heterocycles. The molecule has 0 aliphatic carbocycles. The van der Waals surface area contributed by atoms with Gasteiger partial charge < -0.3 is 15.7 Å². The van der Waals surface area contributed by atoms with Crippen LogP contribution in [-0.2, 0) is 4.79 Å². The van der Waals surface area contributed by atoms with Crippen molar-refractivity contribution >= 4 is 28.9 Å². The lowest BCUT2D eigenvalue weighted by Crippen LogP contribution is -2.22. The van der Waals surface area contributed by atoms with Gasteiger partial charge in [-0.3, -0.25) is 4.79 Å². The highest BCUT2D eigenvalue weighted by Crippen LogP contribution is 2.23. The monoisotopic (exact) mass is 298 g/mol. The van der Waals surface area contributed by atoms with Crippen molar-refractivity contribution in [3.8, 4) is 0 Å². The van der Waals surface area contributed by atoms with E-state index in [0.717, 1.165) is 29.8 Å². The third-order valence-electron chi connectivity index (χ3n) is 2.91. The van der Waals surface area contributed by atoms with Gasteiger partial charge in [-0.1, -0.05) is 19.4 Å². The summed E-state index contributed by atoms with van der Waals surface area (Å²) in [5.41, 5.74) is 2.62. The molecule has 3 N–H and O–H groups in total. The average molecular weight is 299 g/mol. The molecule has 0 heterocycles. The molecule has 1 aromatic carbocycles. The molecule has 5 heteroatoms. The van der Waals surface area contributed by atoms with E-state index in [0.29, 0.717) is 13.0 Å². The molecule has 0 saturated heterocycles. The van der Waals surface area contributed by atoms with E-state index in [1.807, 2.05) is 25.1 Å². The minimum Gasteiger partial charge on any atom is -0.390 e. The number of hydrogen-bond acceptors (Lipinski definition) is 3. The zero-order valence-electron chi connectivity index (χ0n) is 12.1. The zero-order chi connectivity index (χ0) is 15.0. The van der Waals surface area contributed by atoms with Crippen molar-refractivity contribution in [2.75, 3.05) is 23.1 Å². The summed E-state index contributed by atoms with van der Waals surface area (Å²) in [5, 5.41) is 15.5. The van der Waals surface area contributed by atoms with Crippen molar-refractivity contribution in [1.29, 1.82) is 0 Å². The second kappa shape index (κ2) is 8.82. The largest absolute Gasteiger partial charge is 0.390 e. The minimum absolute atomic E-state index is 0.0108. The summed E-state index contributed by atoms with van der Waals surface area (Å²) in [5.74, 6) is 0.188. The first-order valence-electron chi connectivity index (χ1n) is 6.95. The topological polar surface area (TPSA) is 61.4 Å². The molecule has 0 aliphatic rings. The molecule has 20 heavy (non-hydrogen) atoms. The van der Waals surface area contributed by atoms with E-state index in [4.69, 9.17) is 11.6 Å². The summed E-state index contributed by atoms with van der Waals surface area (Å²) in [7, 11) is 0. The van der Waals surface area contributed by atoms with E-state index in [1.54, 1.807) is 0 Å². The van der Waals surface area contributed by atoms with Gasteiger partial charge in [-0.25, -0.2) is 0 Å². The molecule has 0 spiro atoms. The van der Waals surface area contributed by atoms with Crippen LogP contribution in [0.25, 0.3) is 0 Å². The highest BCUT2D eigenvalue weighted by molar-refractivity contribution is 6.18. The first kappa shape index (κ1) is 16.8. The Morgan fingerprint density at radius 2 is 2.15 bits per heavy atom. The zero-order valence-corrected chi connectivity index (χ0v) is 12.8. The number of amides is 1. The van der Waals surface area contributed by atoms with Crippen LogP contribution in [-0.4, -0.2) is 29.5 Å². The number of anilines is 2. The van der Waals surface area contributed by atoms with Gasteiger partial charge in [0.25, 0.3) is 0 Å². The number of benzene rings is 1. The van der Waals surface area contributed by atoms with Crippen LogP contribution in [0.2, 0.25) is 0 Å². The second-order valence-corrected chi connectivity index (χ2v) is 5.20. The lowest BCUT2D eigenvalue weighted by molar-refractivity contribution is -0.116. The van der Waals surface area contributed by atoms with Crippen molar-refractivity contribution in [2.45, 2.75) is 39.2 Å². The number of aliphatic hydroxyl groups excluding tert-OH is 1. The van der Waals surface area contributed by atoms with Crippen LogP contribution in [0, 0.1) is 6.92 Å². The van der Waals surface area contributed by atoms with E-state index >= 15 is 0 Å². The fourth-order valence-electron chi connectivity index (χ4n) is 1.75. The molecule has 0 bridgehead atoms. The second-order valence-electron chi connectivity index (χ2n) is 4.89. The van der Waals surface area contributed by atoms with Crippen molar-refractivity contribution < 1.29 is 9.90 Å². The smallest absolute Gasteiger partial charge is 0.224 e. The minimum atomic E-state index is -0.610. The fraction of sp³-hybridized carbons (Fsp3) is 0.533. The number of alkyl halides is 1. The Labute approximate surface area is 125 Å². The van der Waals surface area contributed by atoms with Gasteiger partial charge in [-0.05, 0) is 31.0 Å². The molecule has 0 saturated carbocycles. The molecule has 0 aromatic heterocycles. The molecular formula is C15H23ClN2O2. The molecule has 1 aromatic rings. The lowest BCUT2D eigenvalue weighted by atomic mass is 10.1. The Bertz CT molecular complexity index is 438. The van der Waals surface area contributed by atoms with E-state index < -0.39 is 6.10 Å². The van der Waals surface area contributed by atoms with Gasteiger partial charge in [0.15, 0.2) is 0 Å². The summed E-state index contributed by atoms with van der Waals surface area (Å²) in [4.78, 5) is 11.8. The summed E-state index contributed by atoms with van der Waals surface area (Å²) in [6.45, 7) is 4.39. The Morgan fingerprint density at radius 3 is 2.80 bits per heavy atom. The number of carbonyl (C=O) groups is 1. The summed E-state index contributed by atoms with van der Waals surface area (Å²) >= 11 is 5.57. The van der Waals surface area contributed by atoms with Crippen LogP contribution in [0.1, 0.15) is 31.7 Å². The lowest BCUT2D eigenvalue weighted by Gasteiger charge is -2.15. The molecule has 1 atom stereocenters. The molecule has 4 nitrogen and oxygen atoms in total. The van der Waals surface area contributed by atoms with Crippen molar-refractivity contribution in [1.82, 2.24) is 0 Å². The van der Waals surface area contributed by atoms with E-state index in [9.17, 15) is 9.90 Å². The Kier molecular flexibility index (Phi) is 7.41. The number of nitrogens with one attached hydrogen (secondary N) is 2. The molecule has 112 valence electrons.